The first-order valence-corrected chi connectivity index (χ1v) is 7.54. The number of nitrogens with two attached hydrogens (primary N) is 1. The third-order valence-corrected chi connectivity index (χ3v) is 5.13. The number of halogens is 3. The van der Waals surface area contributed by atoms with E-state index in [-0.39, 0.29) is 21.3 Å². The zero-order valence-corrected chi connectivity index (χ0v) is 12.4. The van der Waals surface area contributed by atoms with Crippen LogP contribution in [0.3, 0.4) is 0 Å². The number of rotatable bonds is 3. The van der Waals surface area contributed by atoms with Crippen LogP contribution in [-0.2, 0) is 10.0 Å². The second-order valence-corrected chi connectivity index (χ2v) is 6.60. The molecule has 4 nitrogen and oxygen atoms in total. The van der Waals surface area contributed by atoms with Gasteiger partial charge in [0.2, 0.25) is 0 Å². The Bertz CT molecular complexity index is 780. The molecule has 2 aromatic rings. The molecular formula is C13H11ClF2N2O2S. The molecule has 0 fully saturated rings. The van der Waals surface area contributed by atoms with Crippen LogP contribution < -0.4 is 10.0 Å². The zero-order valence-electron chi connectivity index (χ0n) is 10.8. The van der Waals surface area contributed by atoms with Gasteiger partial charge in [0.1, 0.15) is 16.5 Å². The van der Waals surface area contributed by atoms with Crippen LogP contribution in [0.15, 0.2) is 41.3 Å². The quantitative estimate of drug-likeness (QED) is 0.879. The molecule has 8 heteroatoms. The van der Waals surface area contributed by atoms with Crippen molar-refractivity contribution in [2.75, 3.05) is 17.1 Å². The van der Waals surface area contributed by atoms with E-state index in [1.165, 1.54) is 19.2 Å². The van der Waals surface area contributed by atoms with Crippen LogP contribution in [0.25, 0.3) is 0 Å². The molecule has 0 heterocycles. The number of sulfonamides is 1. The molecule has 0 spiro atoms. The van der Waals surface area contributed by atoms with Crippen molar-refractivity contribution in [3.63, 3.8) is 0 Å². The maximum atomic E-state index is 13.3. The first-order valence-electron chi connectivity index (χ1n) is 5.72. The van der Waals surface area contributed by atoms with Gasteiger partial charge in [-0.1, -0.05) is 11.6 Å². The Labute approximate surface area is 125 Å². The van der Waals surface area contributed by atoms with Gasteiger partial charge in [0.15, 0.2) is 0 Å². The topological polar surface area (TPSA) is 63.4 Å². The van der Waals surface area contributed by atoms with Crippen LogP contribution >= 0.6 is 11.6 Å². The Kier molecular flexibility index (Phi) is 4.06. The van der Waals surface area contributed by atoms with Crippen molar-refractivity contribution in [3.8, 4) is 0 Å². The Morgan fingerprint density at radius 2 is 1.71 bits per heavy atom. The molecule has 0 radical (unpaired) electrons. The van der Waals surface area contributed by atoms with E-state index in [9.17, 15) is 17.2 Å². The second-order valence-electron chi connectivity index (χ2n) is 4.25. The van der Waals surface area contributed by atoms with Crippen molar-refractivity contribution in [2.24, 2.45) is 0 Å². The predicted octanol–water partition coefficient (Wildman–Crippen LogP) is 3.03. The van der Waals surface area contributed by atoms with Crippen LogP contribution in [0.2, 0.25) is 5.02 Å². The molecule has 0 aliphatic carbocycles. The summed E-state index contributed by atoms with van der Waals surface area (Å²) in [6, 6.07) is 6.64. The van der Waals surface area contributed by atoms with Gasteiger partial charge in [-0.2, -0.15) is 0 Å². The predicted molar refractivity (Wildman–Crippen MR) is 77.8 cm³/mol. The molecule has 0 bridgehead atoms. The van der Waals surface area contributed by atoms with E-state index in [1.807, 2.05) is 0 Å². The van der Waals surface area contributed by atoms with Gasteiger partial charge in [-0.05, 0) is 36.4 Å². The minimum atomic E-state index is -4.04. The third-order valence-electron chi connectivity index (χ3n) is 2.88. The third kappa shape index (κ3) is 2.93. The molecule has 112 valence electrons. The average molecular weight is 333 g/mol. The molecule has 0 aliphatic heterocycles. The van der Waals surface area contributed by atoms with E-state index < -0.39 is 21.7 Å². The fourth-order valence-electron chi connectivity index (χ4n) is 1.68. The van der Waals surface area contributed by atoms with Crippen LogP contribution in [0.5, 0.6) is 0 Å². The Balaban J connectivity index is 2.51. The maximum Gasteiger partial charge on any atom is 0.265 e. The highest BCUT2D eigenvalue weighted by Gasteiger charge is 2.25. The van der Waals surface area contributed by atoms with Gasteiger partial charge in [0, 0.05) is 7.05 Å². The Hall–Kier alpha value is -1.86. The van der Waals surface area contributed by atoms with E-state index in [4.69, 9.17) is 17.3 Å². The monoisotopic (exact) mass is 332 g/mol. The van der Waals surface area contributed by atoms with Crippen LogP contribution in [0.4, 0.5) is 20.2 Å². The molecular weight excluding hydrogens is 322 g/mol. The maximum absolute atomic E-state index is 13.3. The summed E-state index contributed by atoms with van der Waals surface area (Å²) in [6.07, 6.45) is 0. The fourth-order valence-corrected chi connectivity index (χ4v) is 3.40. The van der Waals surface area contributed by atoms with Crippen molar-refractivity contribution >= 4 is 33.0 Å². The van der Waals surface area contributed by atoms with Gasteiger partial charge < -0.3 is 5.73 Å². The molecule has 0 aromatic heterocycles. The minimum Gasteiger partial charge on any atom is -0.396 e. The lowest BCUT2D eigenvalue weighted by molar-refractivity contribution is 0.593. The Morgan fingerprint density at radius 1 is 1.14 bits per heavy atom. The van der Waals surface area contributed by atoms with Crippen molar-refractivity contribution in [3.05, 3.63) is 53.1 Å². The van der Waals surface area contributed by atoms with E-state index in [0.29, 0.717) is 0 Å². The highest BCUT2D eigenvalue weighted by Crippen LogP contribution is 2.30. The lowest BCUT2D eigenvalue weighted by atomic mass is 10.3. The summed E-state index contributed by atoms with van der Waals surface area (Å²) in [5, 5.41) is -0.282. The average Bonchev–Trinajstić information content (AvgIpc) is 2.42. The van der Waals surface area contributed by atoms with Crippen molar-refractivity contribution in [1.82, 2.24) is 0 Å². The van der Waals surface area contributed by atoms with Crippen LogP contribution in [-0.4, -0.2) is 15.5 Å². The van der Waals surface area contributed by atoms with E-state index in [1.54, 1.807) is 0 Å². The molecule has 0 amide bonds. The normalized spacial score (nSPS) is 11.4. The highest BCUT2D eigenvalue weighted by atomic mass is 35.5. The number of hydrogen-bond acceptors (Lipinski definition) is 3. The van der Waals surface area contributed by atoms with Gasteiger partial charge in [0.25, 0.3) is 10.0 Å². The van der Waals surface area contributed by atoms with Gasteiger partial charge in [-0.25, -0.2) is 17.2 Å². The molecule has 0 atom stereocenters. The first-order chi connectivity index (χ1) is 9.73. The summed E-state index contributed by atoms with van der Waals surface area (Å²) in [5.74, 6) is -1.29. The molecule has 2 aromatic carbocycles. The zero-order chi connectivity index (χ0) is 15.8. The second kappa shape index (κ2) is 5.50. The lowest BCUT2D eigenvalue weighted by Gasteiger charge is -2.20. The molecule has 2 N–H and O–H groups in total. The van der Waals surface area contributed by atoms with Crippen molar-refractivity contribution in [1.29, 1.82) is 0 Å². The molecule has 0 saturated carbocycles. The molecule has 0 unspecified atom stereocenters. The van der Waals surface area contributed by atoms with Gasteiger partial charge in [0.05, 0.1) is 16.4 Å². The number of nitrogens with zero attached hydrogens (tertiary/aromatic N) is 1. The lowest BCUT2D eigenvalue weighted by Crippen LogP contribution is -2.27. The van der Waals surface area contributed by atoms with Gasteiger partial charge in [-0.15, -0.1) is 0 Å². The highest BCUT2D eigenvalue weighted by molar-refractivity contribution is 7.93. The van der Waals surface area contributed by atoms with Crippen molar-refractivity contribution < 1.29 is 17.2 Å². The molecule has 21 heavy (non-hydrogen) atoms. The van der Waals surface area contributed by atoms with E-state index >= 15 is 0 Å². The fraction of sp³-hybridized carbons (Fsp3) is 0.0769. The van der Waals surface area contributed by atoms with Gasteiger partial charge in [-0.3, -0.25) is 4.31 Å². The van der Waals surface area contributed by atoms with Gasteiger partial charge >= 0.3 is 0 Å². The van der Waals surface area contributed by atoms with E-state index in [0.717, 1.165) is 28.6 Å². The smallest absolute Gasteiger partial charge is 0.265 e. The molecule has 2 rings (SSSR count). The standard InChI is InChI=1S/C13H11ClF2N2O2S/c1-18(9-4-2-8(15)3-5-9)21(19,20)13-7-12(17)11(16)6-10(13)14/h2-7H,17H2,1H3. The number of nitrogen functional groups attached to an aromatic ring is 1. The largest absolute Gasteiger partial charge is 0.396 e. The minimum absolute atomic E-state index is 0.232. The van der Waals surface area contributed by atoms with E-state index in [2.05, 4.69) is 0 Å². The molecule has 0 saturated heterocycles. The summed E-state index contributed by atoms with van der Waals surface area (Å²) >= 11 is 5.78. The number of benzene rings is 2. The summed E-state index contributed by atoms with van der Waals surface area (Å²) in [7, 11) is -2.77. The summed E-state index contributed by atoms with van der Waals surface area (Å²) < 4.78 is 52.0. The first kappa shape index (κ1) is 15.5. The summed E-state index contributed by atoms with van der Waals surface area (Å²) in [5.41, 5.74) is 5.28. The summed E-state index contributed by atoms with van der Waals surface area (Å²) in [4.78, 5) is -0.324. The number of hydrogen-bond donors (Lipinski definition) is 1. The Morgan fingerprint density at radius 3 is 2.29 bits per heavy atom. The summed E-state index contributed by atoms with van der Waals surface area (Å²) in [6.45, 7) is 0. The van der Waals surface area contributed by atoms with Crippen LogP contribution in [0.1, 0.15) is 0 Å². The SMILES string of the molecule is CN(c1ccc(F)cc1)S(=O)(=O)c1cc(N)c(F)cc1Cl. The van der Waals surface area contributed by atoms with Crippen molar-refractivity contribution in [2.45, 2.75) is 4.90 Å². The molecule has 0 aliphatic rings. The number of anilines is 2. The van der Waals surface area contributed by atoms with Crippen LogP contribution in [0, 0.1) is 11.6 Å².